The normalized spacial score (nSPS) is 10.6. The van der Waals surface area contributed by atoms with Crippen LogP contribution >= 0.6 is 0 Å². The molecule has 0 saturated heterocycles. The van der Waals surface area contributed by atoms with E-state index in [2.05, 4.69) is 10.3 Å². The van der Waals surface area contributed by atoms with E-state index in [-0.39, 0.29) is 5.56 Å². The maximum Gasteiger partial charge on any atom is 0.338 e. The van der Waals surface area contributed by atoms with Gasteiger partial charge in [0.05, 0.1) is 18.3 Å². The number of aromatic carboxylic acids is 1. The summed E-state index contributed by atoms with van der Waals surface area (Å²) in [6.45, 7) is 0.365. The predicted octanol–water partition coefficient (Wildman–Crippen LogP) is 2.28. The monoisotopic (exact) mass is 269 g/mol. The fourth-order valence-electron chi connectivity index (χ4n) is 1.85. The van der Waals surface area contributed by atoms with E-state index in [4.69, 9.17) is 9.63 Å². The molecular weight excluding hydrogens is 258 g/mol. The number of hydrogen-bond donors (Lipinski definition) is 1. The molecule has 6 heteroatoms. The number of hydrogen-bond acceptors (Lipinski definition) is 4. The highest BCUT2D eigenvalue weighted by atomic mass is 16.5. The molecule has 0 unspecified atom stereocenters. The van der Waals surface area contributed by atoms with Crippen LogP contribution in [0.4, 0.5) is 0 Å². The summed E-state index contributed by atoms with van der Waals surface area (Å²) >= 11 is 0. The summed E-state index contributed by atoms with van der Waals surface area (Å²) in [7, 11) is 0. The Morgan fingerprint density at radius 1 is 1.30 bits per heavy atom. The molecule has 0 aliphatic rings. The third-order valence-corrected chi connectivity index (χ3v) is 2.82. The van der Waals surface area contributed by atoms with Crippen molar-refractivity contribution in [1.29, 1.82) is 0 Å². The lowest BCUT2D eigenvalue weighted by molar-refractivity contribution is 0.0697. The summed E-state index contributed by atoms with van der Waals surface area (Å²) in [5.41, 5.74) is 1.78. The molecule has 1 N–H and O–H groups in total. The zero-order chi connectivity index (χ0) is 13.9. The van der Waals surface area contributed by atoms with E-state index in [0.29, 0.717) is 18.0 Å². The molecule has 0 atom stereocenters. The minimum atomic E-state index is -0.999. The zero-order valence-electron chi connectivity index (χ0n) is 10.4. The lowest BCUT2D eigenvalue weighted by Crippen LogP contribution is -2.00. The van der Waals surface area contributed by atoms with Crippen LogP contribution in [0.5, 0.6) is 0 Å². The highest BCUT2D eigenvalue weighted by Gasteiger charge is 2.09. The van der Waals surface area contributed by atoms with Gasteiger partial charge in [0.25, 0.3) is 0 Å². The molecule has 0 bridgehead atoms. The van der Waals surface area contributed by atoms with E-state index in [1.807, 2.05) is 36.4 Å². The topological polar surface area (TPSA) is 81.1 Å². The molecule has 6 nitrogen and oxygen atoms in total. The molecule has 0 aliphatic carbocycles. The Bertz CT molecular complexity index is 731. The zero-order valence-corrected chi connectivity index (χ0v) is 10.4. The molecule has 0 aliphatic heterocycles. The first kappa shape index (κ1) is 12.2. The van der Waals surface area contributed by atoms with Crippen LogP contribution in [0.25, 0.3) is 11.3 Å². The number of aromatic nitrogens is 3. The number of carboxylic acids is 1. The highest BCUT2D eigenvalue weighted by molar-refractivity contribution is 5.86. The van der Waals surface area contributed by atoms with Gasteiger partial charge in [-0.1, -0.05) is 35.5 Å². The molecule has 20 heavy (non-hydrogen) atoms. The molecule has 100 valence electrons. The Hall–Kier alpha value is -2.89. The first-order valence-corrected chi connectivity index (χ1v) is 5.99. The van der Waals surface area contributed by atoms with Crippen molar-refractivity contribution in [2.45, 2.75) is 6.54 Å². The van der Waals surface area contributed by atoms with Gasteiger partial charge in [-0.3, -0.25) is 4.68 Å². The van der Waals surface area contributed by atoms with Gasteiger partial charge in [-0.15, -0.1) is 0 Å². The number of rotatable bonds is 4. The maximum atomic E-state index is 10.8. The van der Waals surface area contributed by atoms with Crippen LogP contribution in [-0.4, -0.2) is 26.0 Å². The van der Waals surface area contributed by atoms with E-state index >= 15 is 0 Å². The average Bonchev–Trinajstić information content (AvgIpc) is 3.10. The number of benzene rings is 1. The SMILES string of the molecule is O=C(O)c1cnn(Cc2cc(-c3ccccc3)on2)c1. The van der Waals surface area contributed by atoms with Gasteiger partial charge in [0, 0.05) is 17.8 Å². The van der Waals surface area contributed by atoms with E-state index in [9.17, 15) is 4.79 Å². The lowest BCUT2D eigenvalue weighted by atomic mass is 10.2. The minimum Gasteiger partial charge on any atom is -0.478 e. The fourth-order valence-corrected chi connectivity index (χ4v) is 1.85. The van der Waals surface area contributed by atoms with Gasteiger partial charge in [0.1, 0.15) is 5.69 Å². The summed E-state index contributed by atoms with van der Waals surface area (Å²) in [4.78, 5) is 10.8. The Morgan fingerprint density at radius 2 is 2.10 bits per heavy atom. The van der Waals surface area contributed by atoms with Crippen LogP contribution in [0.2, 0.25) is 0 Å². The predicted molar refractivity (Wildman–Crippen MR) is 70.2 cm³/mol. The second kappa shape index (κ2) is 5.00. The summed E-state index contributed by atoms with van der Waals surface area (Å²) in [5, 5.41) is 16.8. The Kier molecular flexibility index (Phi) is 3.04. The third kappa shape index (κ3) is 2.44. The van der Waals surface area contributed by atoms with Crippen molar-refractivity contribution in [2.24, 2.45) is 0 Å². The van der Waals surface area contributed by atoms with Crippen LogP contribution in [0.1, 0.15) is 16.1 Å². The van der Waals surface area contributed by atoms with Crippen LogP contribution in [0.3, 0.4) is 0 Å². The molecule has 3 rings (SSSR count). The lowest BCUT2D eigenvalue weighted by Gasteiger charge is -1.94. The van der Waals surface area contributed by atoms with Crippen LogP contribution in [0.15, 0.2) is 53.3 Å². The molecule has 0 radical (unpaired) electrons. The van der Waals surface area contributed by atoms with E-state index < -0.39 is 5.97 Å². The average molecular weight is 269 g/mol. The van der Waals surface area contributed by atoms with Crippen LogP contribution in [0, 0.1) is 0 Å². The van der Waals surface area contributed by atoms with Gasteiger partial charge >= 0.3 is 5.97 Å². The first-order chi connectivity index (χ1) is 9.72. The van der Waals surface area contributed by atoms with Crippen molar-refractivity contribution in [3.05, 3.63) is 60.0 Å². The van der Waals surface area contributed by atoms with Crippen molar-refractivity contribution in [1.82, 2.24) is 14.9 Å². The third-order valence-electron chi connectivity index (χ3n) is 2.82. The van der Waals surface area contributed by atoms with Crippen molar-refractivity contribution in [2.75, 3.05) is 0 Å². The fraction of sp³-hybridized carbons (Fsp3) is 0.0714. The second-order valence-corrected chi connectivity index (χ2v) is 4.28. The number of carboxylic acid groups (broad SMARTS) is 1. The van der Waals surface area contributed by atoms with Gasteiger partial charge in [0.2, 0.25) is 0 Å². The minimum absolute atomic E-state index is 0.150. The van der Waals surface area contributed by atoms with Gasteiger partial charge in [-0.25, -0.2) is 4.79 Å². The van der Waals surface area contributed by atoms with Crippen LogP contribution in [-0.2, 0) is 6.54 Å². The molecule has 0 spiro atoms. The smallest absolute Gasteiger partial charge is 0.338 e. The summed E-state index contributed by atoms with van der Waals surface area (Å²) in [5.74, 6) is -0.326. The van der Waals surface area contributed by atoms with Crippen molar-refractivity contribution >= 4 is 5.97 Å². The maximum absolute atomic E-state index is 10.8. The molecule has 0 fully saturated rings. The number of carbonyl (C=O) groups is 1. The quantitative estimate of drug-likeness (QED) is 0.785. The van der Waals surface area contributed by atoms with Gasteiger partial charge in [-0.05, 0) is 0 Å². The van der Waals surface area contributed by atoms with Crippen molar-refractivity contribution in [3.8, 4) is 11.3 Å². The Balaban J connectivity index is 1.78. The van der Waals surface area contributed by atoms with E-state index in [0.717, 1.165) is 5.56 Å². The summed E-state index contributed by atoms with van der Waals surface area (Å²) in [6, 6.07) is 11.4. The van der Waals surface area contributed by atoms with E-state index in [1.165, 1.54) is 17.1 Å². The second-order valence-electron chi connectivity index (χ2n) is 4.28. The Labute approximate surface area is 114 Å². The molecule has 0 amide bonds. The Morgan fingerprint density at radius 3 is 2.80 bits per heavy atom. The van der Waals surface area contributed by atoms with Crippen LogP contribution < -0.4 is 0 Å². The molecule has 3 aromatic rings. The molecule has 0 saturated carbocycles. The van der Waals surface area contributed by atoms with E-state index in [1.54, 1.807) is 0 Å². The van der Waals surface area contributed by atoms with Crippen molar-refractivity contribution in [3.63, 3.8) is 0 Å². The summed E-state index contributed by atoms with van der Waals surface area (Å²) in [6.07, 6.45) is 2.76. The molecule has 2 heterocycles. The standard InChI is InChI=1S/C14H11N3O3/c18-14(19)11-7-15-17(8-11)9-12-6-13(20-16-12)10-4-2-1-3-5-10/h1-8H,9H2,(H,18,19). The molecular formula is C14H11N3O3. The van der Waals surface area contributed by atoms with Gasteiger partial charge < -0.3 is 9.63 Å². The highest BCUT2D eigenvalue weighted by Crippen LogP contribution is 2.20. The molecule has 1 aromatic carbocycles. The van der Waals surface area contributed by atoms with Crippen molar-refractivity contribution < 1.29 is 14.4 Å². The van der Waals surface area contributed by atoms with Gasteiger partial charge in [0.15, 0.2) is 5.76 Å². The molecule has 2 aromatic heterocycles. The van der Waals surface area contributed by atoms with Gasteiger partial charge in [-0.2, -0.15) is 5.10 Å². The first-order valence-electron chi connectivity index (χ1n) is 5.99. The summed E-state index contributed by atoms with van der Waals surface area (Å²) < 4.78 is 6.78. The number of nitrogens with zero attached hydrogens (tertiary/aromatic N) is 3. The largest absolute Gasteiger partial charge is 0.478 e.